The lowest BCUT2D eigenvalue weighted by atomic mass is 10.3. The third-order valence-corrected chi connectivity index (χ3v) is 3.85. The summed E-state index contributed by atoms with van der Waals surface area (Å²) in [7, 11) is 0. The van der Waals surface area contributed by atoms with E-state index in [2.05, 4.69) is 4.98 Å². The largest absolute Gasteiger partial charge is 0.336 e. The van der Waals surface area contributed by atoms with Gasteiger partial charge in [-0.1, -0.05) is 0 Å². The Morgan fingerprint density at radius 1 is 1.60 bits per heavy atom. The molecule has 2 heterocycles. The molecule has 1 atom stereocenters. The molecule has 0 saturated carbocycles. The SMILES string of the molecule is Cc1nc(C)c(CN2CC(Cl)CC2=O)s1. The molecule has 0 spiro atoms. The predicted octanol–water partition coefficient (Wildman–Crippen LogP) is 2.10. The monoisotopic (exact) mass is 244 g/mol. The Hall–Kier alpha value is -0.610. The second-order valence-corrected chi connectivity index (χ2v) is 5.72. The van der Waals surface area contributed by atoms with Crippen molar-refractivity contribution in [3.63, 3.8) is 0 Å². The number of carbonyl (C=O) groups is 1. The summed E-state index contributed by atoms with van der Waals surface area (Å²) in [5.41, 5.74) is 1.03. The number of alkyl halides is 1. The summed E-state index contributed by atoms with van der Waals surface area (Å²) in [5, 5.41) is 1.03. The van der Waals surface area contributed by atoms with E-state index in [0.29, 0.717) is 19.5 Å². The highest BCUT2D eigenvalue weighted by molar-refractivity contribution is 7.11. The van der Waals surface area contributed by atoms with E-state index in [-0.39, 0.29) is 11.3 Å². The number of aryl methyl sites for hydroxylation is 2. The third kappa shape index (κ3) is 2.32. The lowest BCUT2D eigenvalue weighted by Crippen LogP contribution is -2.24. The van der Waals surface area contributed by atoms with Gasteiger partial charge in [-0.3, -0.25) is 4.79 Å². The second-order valence-electron chi connectivity index (χ2n) is 3.82. The zero-order valence-electron chi connectivity index (χ0n) is 8.79. The van der Waals surface area contributed by atoms with Gasteiger partial charge in [0, 0.05) is 17.8 Å². The van der Waals surface area contributed by atoms with Crippen molar-refractivity contribution in [1.29, 1.82) is 0 Å². The third-order valence-electron chi connectivity index (χ3n) is 2.50. The summed E-state index contributed by atoms with van der Waals surface area (Å²) < 4.78 is 0. The van der Waals surface area contributed by atoms with E-state index in [1.165, 1.54) is 4.88 Å². The molecule has 0 radical (unpaired) electrons. The Labute approximate surface area is 98.1 Å². The van der Waals surface area contributed by atoms with Gasteiger partial charge in [0.1, 0.15) is 0 Å². The van der Waals surface area contributed by atoms with Crippen LogP contribution in [-0.2, 0) is 11.3 Å². The zero-order valence-corrected chi connectivity index (χ0v) is 10.4. The molecule has 2 rings (SSSR count). The molecule has 0 N–H and O–H groups in total. The second kappa shape index (κ2) is 4.10. The van der Waals surface area contributed by atoms with Crippen molar-refractivity contribution in [2.24, 2.45) is 0 Å². The summed E-state index contributed by atoms with van der Waals surface area (Å²) in [5.74, 6) is 0.153. The van der Waals surface area contributed by atoms with Crippen LogP contribution in [0.25, 0.3) is 0 Å². The maximum Gasteiger partial charge on any atom is 0.224 e. The average Bonchev–Trinajstić information content (AvgIpc) is 2.58. The number of hydrogen-bond acceptors (Lipinski definition) is 3. The van der Waals surface area contributed by atoms with Crippen LogP contribution in [0.4, 0.5) is 0 Å². The molecule has 5 heteroatoms. The van der Waals surface area contributed by atoms with Gasteiger partial charge >= 0.3 is 0 Å². The fraction of sp³-hybridized carbons (Fsp3) is 0.600. The molecular formula is C10H13ClN2OS. The van der Waals surface area contributed by atoms with Gasteiger partial charge in [-0.15, -0.1) is 22.9 Å². The normalized spacial score (nSPS) is 21.4. The van der Waals surface area contributed by atoms with Crippen molar-refractivity contribution in [2.75, 3.05) is 6.54 Å². The highest BCUT2D eigenvalue weighted by Gasteiger charge is 2.28. The number of rotatable bonds is 2. The van der Waals surface area contributed by atoms with Gasteiger partial charge in [-0.25, -0.2) is 4.98 Å². The first-order valence-electron chi connectivity index (χ1n) is 4.91. The van der Waals surface area contributed by atoms with Crippen molar-refractivity contribution >= 4 is 28.8 Å². The predicted molar refractivity (Wildman–Crippen MR) is 61.3 cm³/mol. The van der Waals surface area contributed by atoms with Crippen LogP contribution < -0.4 is 0 Å². The molecule has 82 valence electrons. The molecule has 1 aliphatic rings. The fourth-order valence-electron chi connectivity index (χ4n) is 1.77. The number of halogens is 1. The van der Waals surface area contributed by atoms with Crippen molar-refractivity contribution < 1.29 is 4.79 Å². The maximum absolute atomic E-state index is 11.5. The van der Waals surface area contributed by atoms with Crippen LogP contribution in [0.3, 0.4) is 0 Å². The van der Waals surface area contributed by atoms with Crippen LogP contribution in [0.15, 0.2) is 0 Å². The first-order chi connectivity index (χ1) is 7.06. The fourth-order valence-corrected chi connectivity index (χ4v) is 3.02. The van der Waals surface area contributed by atoms with E-state index >= 15 is 0 Å². The molecule has 0 bridgehead atoms. The molecule has 1 aromatic heterocycles. The lowest BCUT2D eigenvalue weighted by Gasteiger charge is -2.14. The molecule has 1 saturated heterocycles. The number of likely N-dealkylation sites (tertiary alicyclic amines) is 1. The topological polar surface area (TPSA) is 33.2 Å². The molecule has 0 aliphatic carbocycles. The first-order valence-corrected chi connectivity index (χ1v) is 6.16. The average molecular weight is 245 g/mol. The minimum absolute atomic E-state index is 0.0215. The van der Waals surface area contributed by atoms with Crippen LogP contribution in [-0.4, -0.2) is 27.7 Å². The number of thiazole rings is 1. The number of amides is 1. The molecule has 15 heavy (non-hydrogen) atoms. The minimum Gasteiger partial charge on any atom is -0.336 e. The summed E-state index contributed by atoms with van der Waals surface area (Å²) in [6.45, 7) is 5.30. The molecule has 0 aromatic carbocycles. The van der Waals surface area contributed by atoms with Crippen LogP contribution in [0, 0.1) is 13.8 Å². The van der Waals surface area contributed by atoms with E-state index in [1.54, 1.807) is 11.3 Å². The molecule has 1 fully saturated rings. The van der Waals surface area contributed by atoms with Gasteiger partial charge in [0.05, 0.1) is 22.6 Å². The van der Waals surface area contributed by atoms with Crippen LogP contribution in [0.2, 0.25) is 0 Å². The van der Waals surface area contributed by atoms with Crippen molar-refractivity contribution in [2.45, 2.75) is 32.2 Å². The van der Waals surface area contributed by atoms with Gasteiger partial charge in [-0.05, 0) is 13.8 Å². The standard InChI is InChI=1S/C10H13ClN2OS/c1-6-9(15-7(2)12-6)5-13-4-8(11)3-10(13)14/h8H,3-5H2,1-2H3. The number of nitrogens with zero attached hydrogens (tertiary/aromatic N) is 2. The van der Waals surface area contributed by atoms with E-state index in [0.717, 1.165) is 10.7 Å². The van der Waals surface area contributed by atoms with Crippen LogP contribution >= 0.6 is 22.9 Å². The van der Waals surface area contributed by atoms with Crippen LogP contribution in [0.1, 0.15) is 22.0 Å². The smallest absolute Gasteiger partial charge is 0.224 e. The van der Waals surface area contributed by atoms with Crippen molar-refractivity contribution in [3.8, 4) is 0 Å². The van der Waals surface area contributed by atoms with Gasteiger partial charge in [0.25, 0.3) is 0 Å². The molecule has 3 nitrogen and oxygen atoms in total. The zero-order chi connectivity index (χ0) is 11.0. The Morgan fingerprint density at radius 2 is 2.33 bits per heavy atom. The highest BCUT2D eigenvalue weighted by atomic mass is 35.5. The Bertz CT molecular complexity index is 391. The molecule has 1 aliphatic heterocycles. The molecule has 1 unspecified atom stereocenters. The maximum atomic E-state index is 11.5. The highest BCUT2D eigenvalue weighted by Crippen LogP contribution is 2.23. The van der Waals surface area contributed by atoms with E-state index in [1.807, 2.05) is 18.7 Å². The molecule has 1 amide bonds. The van der Waals surface area contributed by atoms with Gasteiger partial charge in [0.15, 0.2) is 0 Å². The first kappa shape index (κ1) is 10.9. The molecule has 1 aromatic rings. The van der Waals surface area contributed by atoms with Gasteiger partial charge in [-0.2, -0.15) is 0 Å². The number of aromatic nitrogens is 1. The van der Waals surface area contributed by atoms with E-state index in [9.17, 15) is 4.79 Å². The Balaban J connectivity index is 2.09. The van der Waals surface area contributed by atoms with Gasteiger partial charge < -0.3 is 4.90 Å². The van der Waals surface area contributed by atoms with Crippen LogP contribution in [0.5, 0.6) is 0 Å². The van der Waals surface area contributed by atoms with Gasteiger partial charge in [0.2, 0.25) is 5.91 Å². The molecular weight excluding hydrogens is 232 g/mol. The summed E-state index contributed by atoms with van der Waals surface area (Å²) in [4.78, 5) is 18.9. The summed E-state index contributed by atoms with van der Waals surface area (Å²) >= 11 is 7.59. The Kier molecular flexibility index (Phi) is 2.98. The number of carbonyl (C=O) groups excluding carboxylic acids is 1. The summed E-state index contributed by atoms with van der Waals surface area (Å²) in [6, 6.07) is 0. The van der Waals surface area contributed by atoms with Crippen molar-refractivity contribution in [3.05, 3.63) is 15.6 Å². The quantitative estimate of drug-likeness (QED) is 0.747. The van der Waals surface area contributed by atoms with Crippen molar-refractivity contribution in [1.82, 2.24) is 9.88 Å². The van der Waals surface area contributed by atoms with E-state index < -0.39 is 0 Å². The minimum atomic E-state index is -0.0215. The Morgan fingerprint density at radius 3 is 2.80 bits per heavy atom. The van der Waals surface area contributed by atoms with E-state index in [4.69, 9.17) is 11.6 Å². The number of hydrogen-bond donors (Lipinski definition) is 0. The summed E-state index contributed by atoms with van der Waals surface area (Å²) in [6.07, 6.45) is 0.471. The lowest BCUT2D eigenvalue weighted by molar-refractivity contribution is -0.128.